The van der Waals surface area contributed by atoms with Crippen LogP contribution in [0.1, 0.15) is 19.4 Å². The Morgan fingerprint density at radius 3 is 2.26 bits per heavy atom. The summed E-state index contributed by atoms with van der Waals surface area (Å²) in [5.74, 6) is -0.635. The zero-order valence-electron chi connectivity index (χ0n) is 17.0. The van der Waals surface area contributed by atoms with Gasteiger partial charge >= 0.3 is 12.3 Å². The molecule has 0 aliphatic carbocycles. The number of anilines is 2. The van der Waals surface area contributed by atoms with Gasteiger partial charge in [-0.2, -0.15) is 13.2 Å². The smallest absolute Gasteiger partial charge is 0.412 e. The van der Waals surface area contributed by atoms with Crippen LogP contribution in [-0.2, 0) is 16.1 Å². The van der Waals surface area contributed by atoms with Crippen LogP contribution in [0.25, 0.3) is 0 Å². The lowest BCUT2D eigenvalue weighted by Gasteiger charge is -2.29. The summed E-state index contributed by atoms with van der Waals surface area (Å²) < 4.78 is 44.8. The molecule has 1 heterocycles. The molecule has 2 aromatic carbocycles. The van der Waals surface area contributed by atoms with Gasteiger partial charge in [0.1, 0.15) is 18.8 Å². The largest absolute Gasteiger partial charge is 0.444 e. The molecule has 0 radical (unpaired) electrons. The third-order valence-corrected chi connectivity index (χ3v) is 4.50. The zero-order valence-corrected chi connectivity index (χ0v) is 17.0. The Morgan fingerprint density at radius 1 is 1.03 bits per heavy atom. The lowest BCUT2D eigenvalue weighted by molar-refractivity contribution is -0.119. The van der Waals surface area contributed by atoms with Crippen molar-refractivity contribution in [2.75, 3.05) is 16.3 Å². The van der Waals surface area contributed by atoms with E-state index in [2.05, 4.69) is 5.32 Å². The van der Waals surface area contributed by atoms with Crippen molar-refractivity contribution in [1.82, 2.24) is 5.32 Å². The van der Waals surface area contributed by atoms with Crippen LogP contribution >= 0.6 is 0 Å². The standard InChI is InChI=1S/C22H22F3N3O3/c1-15(2)28-19-11-7-6-10-18(19)27(14-22(23,24)25)12-17(20(28)29)26-21(30)31-13-16-8-4-3-5-9-16/h3-12,15H,13-14H2,1-2H3,(H,26,30). The number of ether oxygens (including phenoxy) is 1. The van der Waals surface area contributed by atoms with Crippen molar-refractivity contribution in [2.45, 2.75) is 32.7 Å². The molecule has 0 saturated carbocycles. The summed E-state index contributed by atoms with van der Waals surface area (Å²) in [5, 5.41) is 2.31. The molecule has 6 nitrogen and oxygen atoms in total. The van der Waals surface area contributed by atoms with E-state index >= 15 is 0 Å². The molecule has 3 rings (SSSR count). The fourth-order valence-electron chi connectivity index (χ4n) is 3.22. The van der Waals surface area contributed by atoms with Gasteiger partial charge in [-0.15, -0.1) is 0 Å². The second-order valence-electron chi connectivity index (χ2n) is 7.23. The van der Waals surface area contributed by atoms with Gasteiger partial charge in [-0.3, -0.25) is 10.1 Å². The number of alkyl halides is 3. The summed E-state index contributed by atoms with van der Waals surface area (Å²) in [7, 11) is 0. The summed E-state index contributed by atoms with van der Waals surface area (Å²) in [6.07, 6.45) is -4.47. The highest BCUT2D eigenvalue weighted by Crippen LogP contribution is 2.36. The van der Waals surface area contributed by atoms with Crippen LogP contribution < -0.4 is 15.1 Å². The first kappa shape index (κ1) is 22.2. The number of hydrogen-bond donors (Lipinski definition) is 1. The molecule has 9 heteroatoms. The topological polar surface area (TPSA) is 61.9 Å². The van der Waals surface area contributed by atoms with Crippen molar-refractivity contribution in [3.8, 4) is 0 Å². The summed E-state index contributed by atoms with van der Waals surface area (Å²) in [4.78, 5) is 27.7. The van der Waals surface area contributed by atoms with E-state index < -0.39 is 24.7 Å². The van der Waals surface area contributed by atoms with E-state index in [4.69, 9.17) is 4.74 Å². The molecule has 2 amide bonds. The number of rotatable bonds is 5. The maximum absolute atomic E-state index is 13.2. The van der Waals surface area contributed by atoms with Crippen molar-refractivity contribution >= 4 is 23.4 Å². The summed E-state index contributed by atoms with van der Waals surface area (Å²) in [5.41, 5.74) is 0.940. The van der Waals surface area contributed by atoms with E-state index in [-0.39, 0.29) is 24.0 Å². The first-order valence-corrected chi connectivity index (χ1v) is 9.61. The molecule has 31 heavy (non-hydrogen) atoms. The van der Waals surface area contributed by atoms with Crippen molar-refractivity contribution in [1.29, 1.82) is 0 Å². The molecular formula is C22H22F3N3O3. The highest BCUT2D eigenvalue weighted by Gasteiger charge is 2.36. The van der Waals surface area contributed by atoms with Gasteiger partial charge in [0.15, 0.2) is 0 Å². The van der Waals surface area contributed by atoms with Gasteiger partial charge in [0.2, 0.25) is 0 Å². The van der Waals surface area contributed by atoms with Crippen molar-refractivity contribution in [2.24, 2.45) is 0 Å². The molecule has 0 spiro atoms. The fourth-order valence-corrected chi connectivity index (χ4v) is 3.22. The van der Waals surface area contributed by atoms with E-state index in [0.29, 0.717) is 5.69 Å². The van der Waals surface area contributed by atoms with Crippen LogP contribution in [0.4, 0.5) is 29.3 Å². The predicted octanol–water partition coefficient (Wildman–Crippen LogP) is 4.58. The fraction of sp³-hybridized carbons (Fsp3) is 0.273. The second kappa shape index (κ2) is 9.11. The minimum Gasteiger partial charge on any atom is -0.444 e. The van der Waals surface area contributed by atoms with E-state index in [1.807, 2.05) is 6.07 Å². The van der Waals surface area contributed by atoms with Crippen molar-refractivity contribution in [3.05, 3.63) is 72.1 Å². The Balaban J connectivity index is 1.90. The van der Waals surface area contributed by atoms with Crippen LogP contribution in [0.5, 0.6) is 0 Å². The molecule has 0 saturated heterocycles. The number of benzene rings is 2. The Labute approximate surface area is 177 Å². The van der Waals surface area contributed by atoms with Gasteiger partial charge in [0, 0.05) is 12.2 Å². The van der Waals surface area contributed by atoms with Gasteiger partial charge in [-0.1, -0.05) is 42.5 Å². The SMILES string of the molecule is CC(C)N1C(=O)C(NC(=O)OCc2ccccc2)=CN(CC(F)(F)F)c2ccccc21. The second-order valence-corrected chi connectivity index (χ2v) is 7.23. The third kappa shape index (κ3) is 5.56. The number of amides is 2. The molecule has 1 aliphatic rings. The number of para-hydroxylation sites is 2. The quantitative estimate of drug-likeness (QED) is 0.750. The van der Waals surface area contributed by atoms with Crippen molar-refractivity contribution in [3.63, 3.8) is 0 Å². The summed E-state index contributed by atoms with van der Waals surface area (Å²) in [6.45, 7) is 2.10. The first-order chi connectivity index (χ1) is 14.7. The lowest BCUT2D eigenvalue weighted by Crippen LogP contribution is -2.42. The molecule has 0 aromatic heterocycles. The number of nitrogens with zero attached hydrogens (tertiary/aromatic N) is 2. The van der Waals surface area contributed by atoms with Crippen LogP contribution in [0.15, 0.2) is 66.5 Å². The Kier molecular flexibility index (Phi) is 6.53. The monoisotopic (exact) mass is 433 g/mol. The number of carbonyl (C=O) groups excluding carboxylic acids is 2. The van der Waals surface area contributed by atoms with Crippen molar-refractivity contribution < 1.29 is 27.5 Å². The number of hydrogen-bond acceptors (Lipinski definition) is 4. The van der Waals surface area contributed by atoms with Gasteiger partial charge < -0.3 is 14.5 Å². The molecule has 1 aliphatic heterocycles. The molecule has 0 bridgehead atoms. The normalized spacial score (nSPS) is 14.1. The highest BCUT2D eigenvalue weighted by molar-refractivity contribution is 6.10. The van der Waals surface area contributed by atoms with E-state index in [0.717, 1.165) is 16.7 Å². The van der Waals surface area contributed by atoms with Crippen LogP contribution in [0, 0.1) is 0 Å². The zero-order chi connectivity index (χ0) is 22.6. The average molecular weight is 433 g/mol. The van der Waals surface area contributed by atoms with Crippen LogP contribution in [-0.4, -0.2) is 30.8 Å². The maximum Gasteiger partial charge on any atom is 0.412 e. The maximum atomic E-state index is 13.2. The summed E-state index contributed by atoms with van der Waals surface area (Å²) in [6, 6.07) is 14.8. The number of halogens is 3. The van der Waals surface area contributed by atoms with Crippen LogP contribution in [0.3, 0.4) is 0 Å². The first-order valence-electron chi connectivity index (χ1n) is 9.61. The molecule has 2 aromatic rings. The molecule has 0 fully saturated rings. The summed E-state index contributed by atoms with van der Waals surface area (Å²) >= 11 is 0. The van der Waals surface area contributed by atoms with E-state index in [9.17, 15) is 22.8 Å². The number of nitrogens with one attached hydrogen (secondary N) is 1. The minimum absolute atomic E-state index is 0.0471. The molecule has 164 valence electrons. The lowest BCUT2D eigenvalue weighted by atomic mass is 10.2. The predicted molar refractivity (Wildman–Crippen MR) is 110 cm³/mol. The van der Waals surface area contributed by atoms with Gasteiger partial charge in [-0.05, 0) is 31.5 Å². The Bertz CT molecular complexity index is 975. The minimum atomic E-state index is -4.53. The Morgan fingerprint density at radius 2 is 1.65 bits per heavy atom. The number of fused-ring (bicyclic) bond motifs is 1. The van der Waals surface area contributed by atoms with Gasteiger partial charge in [0.05, 0.1) is 11.4 Å². The van der Waals surface area contributed by atoms with Gasteiger partial charge in [-0.25, -0.2) is 4.79 Å². The molecular weight excluding hydrogens is 411 g/mol. The molecule has 1 N–H and O–H groups in total. The average Bonchev–Trinajstić information content (AvgIpc) is 2.81. The molecule has 0 atom stereocenters. The number of carbonyl (C=O) groups is 2. The van der Waals surface area contributed by atoms with E-state index in [1.54, 1.807) is 56.3 Å². The third-order valence-electron chi connectivity index (χ3n) is 4.50. The molecule has 0 unspecified atom stereocenters. The highest BCUT2D eigenvalue weighted by atomic mass is 19.4. The van der Waals surface area contributed by atoms with Gasteiger partial charge in [0.25, 0.3) is 5.91 Å². The van der Waals surface area contributed by atoms with Crippen LogP contribution in [0.2, 0.25) is 0 Å². The van der Waals surface area contributed by atoms with E-state index in [1.165, 1.54) is 11.0 Å². The number of alkyl carbamates (subject to hydrolysis) is 1. The Hall–Kier alpha value is -3.49.